The summed E-state index contributed by atoms with van der Waals surface area (Å²) >= 11 is 0. The molecule has 0 bridgehead atoms. The van der Waals surface area contributed by atoms with Crippen LogP contribution in [-0.2, 0) is 13.0 Å². The molecule has 2 N–H and O–H groups in total. The first-order chi connectivity index (χ1) is 16.0. The fourth-order valence-corrected chi connectivity index (χ4v) is 4.41. The smallest absolute Gasteiger partial charge is 0.227 e. The van der Waals surface area contributed by atoms with Crippen LogP contribution in [0, 0.1) is 17.1 Å². The highest BCUT2D eigenvalue weighted by molar-refractivity contribution is 5.75. The Labute approximate surface area is 192 Å². The second-order valence-corrected chi connectivity index (χ2v) is 8.54. The SMILES string of the molecule is CC(C)N1CCOc2c(F)cc(-c3nc(Nc4ccc5c(c4)CNCC5)ncc3C#N)cc21. The fourth-order valence-electron chi connectivity index (χ4n) is 4.41. The van der Waals surface area contributed by atoms with Gasteiger partial charge in [-0.25, -0.2) is 14.4 Å². The van der Waals surface area contributed by atoms with Gasteiger partial charge in [0.05, 0.1) is 29.7 Å². The maximum atomic E-state index is 15.0. The van der Waals surface area contributed by atoms with Crippen LogP contribution in [0.15, 0.2) is 36.5 Å². The molecule has 2 aliphatic heterocycles. The van der Waals surface area contributed by atoms with E-state index < -0.39 is 5.82 Å². The zero-order chi connectivity index (χ0) is 22.9. The second kappa shape index (κ2) is 8.68. The normalized spacial score (nSPS) is 14.8. The first kappa shape index (κ1) is 21.2. The lowest BCUT2D eigenvalue weighted by Crippen LogP contribution is -2.38. The average Bonchev–Trinajstić information content (AvgIpc) is 2.83. The highest BCUT2D eigenvalue weighted by atomic mass is 19.1. The number of anilines is 3. The van der Waals surface area contributed by atoms with Crippen LogP contribution < -0.4 is 20.3 Å². The van der Waals surface area contributed by atoms with Gasteiger partial charge in [0.15, 0.2) is 11.6 Å². The van der Waals surface area contributed by atoms with Crippen LogP contribution in [-0.4, -0.2) is 35.7 Å². The molecule has 7 nitrogen and oxygen atoms in total. The van der Waals surface area contributed by atoms with Crippen LogP contribution in [0.2, 0.25) is 0 Å². The molecule has 8 heteroatoms. The molecule has 0 saturated heterocycles. The number of nitrogens with one attached hydrogen (secondary N) is 2. The monoisotopic (exact) mass is 444 g/mol. The molecule has 5 rings (SSSR count). The number of nitriles is 1. The van der Waals surface area contributed by atoms with E-state index in [1.165, 1.54) is 23.4 Å². The molecule has 0 aliphatic carbocycles. The molecule has 2 aromatic carbocycles. The van der Waals surface area contributed by atoms with Gasteiger partial charge >= 0.3 is 0 Å². The van der Waals surface area contributed by atoms with Gasteiger partial charge in [-0.3, -0.25) is 0 Å². The molecule has 168 valence electrons. The van der Waals surface area contributed by atoms with Crippen LogP contribution in [0.5, 0.6) is 5.75 Å². The van der Waals surface area contributed by atoms with E-state index in [0.29, 0.717) is 36.0 Å². The van der Waals surface area contributed by atoms with E-state index in [0.717, 1.165) is 25.2 Å². The van der Waals surface area contributed by atoms with Crippen LogP contribution in [0.1, 0.15) is 30.5 Å². The number of hydrogen-bond acceptors (Lipinski definition) is 7. The second-order valence-electron chi connectivity index (χ2n) is 8.54. The molecule has 2 aliphatic rings. The summed E-state index contributed by atoms with van der Waals surface area (Å²) in [6.07, 6.45) is 2.48. The standard InChI is InChI=1S/C25H25FN6O/c1-15(2)32-7-8-33-24-21(26)10-17(11-22(24)32)23-19(12-27)14-29-25(31-23)30-20-4-3-16-5-6-28-13-18(16)9-20/h3-4,9-11,14-15,28H,5-8,13H2,1-2H3,(H,29,30,31). The summed E-state index contributed by atoms with van der Waals surface area (Å²) in [5.74, 6) is 0.127. The highest BCUT2D eigenvalue weighted by Crippen LogP contribution is 2.39. The van der Waals surface area contributed by atoms with Gasteiger partial charge in [0.25, 0.3) is 0 Å². The fraction of sp³-hybridized carbons (Fsp3) is 0.320. The molecule has 0 spiro atoms. The highest BCUT2D eigenvalue weighted by Gasteiger charge is 2.25. The summed E-state index contributed by atoms with van der Waals surface area (Å²) in [7, 11) is 0. The molecule has 0 amide bonds. The Kier molecular flexibility index (Phi) is 5.56. The van der Waals surface area contributed by atoms with E-state index >= 15 is 0 Å². The third kappa shape index (κ3) is 4.08. The number of ether oxygens (including phenoxy) is 1. The number of rotatable bonds is 4. The van der Waals surface area contributed by atoms with Crippen molar-refractivity contribution >= 4 is 17.3 Å². The minimum atomic E-state index is -0.466. The number of hydrogen-bond donors (Lipinski definition) is 2. The average molecular weight is 445 g/mol. The van der Waals surface area contributed by atoms with E-state index in [2.05, 4.69) is 57.6 Å². The molecule has 1 aromatic heterocycles. The molecule has 0 unspecified atom stereocenters. The van der Waals surface area contributed by atoms with Crippen LogP contribution in [0.4, 0.5) is 21.7 Å². The van der Waals surface area contributed by atoms with Crippen molar-refractivity contribution in [1.29, 1.82) is 5.26 Å². The van der Waals surface area contributed by atoms with E-state index in [4.69, 9.17) is 4.74 Å². The predicted molar refractivity (Wildman–Crippen MR) is 125 cm³/mol. The molecule has 33 heavy (non-hydrogen) atoms. The number of fused-ring (bicyclic) bond motifs is 2. The van der Waals surface area contributed by atoms with Crippen LogP contribution >= 0.6 is 0 Å². The van der Waals surface area contributed by atoms with E-state index in [-0.39, 0.29) is 17.4 Å². The summed E-state index contributed by atoms with van der Waals surface area (Å²) in [4.78, 5) is 11.0. The Morgan fingerprint density at radius 3 is 2.94 bits per heavy atom. The number of aromatic nitrogens is 2. The molecule has 3 heterocycles. The van der Waals surface area contributed by atoms with Gasteiger partial charge in [-0.1, -0.05) is 6.07 Å². The first-order valence-electron chi connectivity index (χ1n) is 11.1. The van der Waals surface area contributed by atoms with Gasteiger partial charge in [-0.05, 0) is 62.2 Å². The lowest BCUT2D eigenvalue weighted by atomic mass is 10.0. The Bertz CT molecular complexity index is 1250. The van der Waals surface area contributed by atoms with Crippen LogP contribution in [0.25, 0.3) is 11.3 Å². The van der Waals surface area contributed by atoms with Gasteiger partial charge in [0.2, 0.25) is 5.95 Å². The third-order valence-corrected chi connectivity index (χ3v) is 6.07. The Hall–Kier alpha value is -3.70. The maximum Gasteiger partial charge on any atom is 0.227 e. The summed E-state index contributed by atoms with van der Waals surface area (Å²) in [6.45, 7) is 7.03. The largest absolute Gasteiger partial charge is 0.486 e. The number of benzene rings is 2. The van der Waals surface area contributed by atoms with Crippen molar-refractivity contribution in [2.24, 2.45) is 0 Å². The van der Waals surface area contributed by atoms with Crippen molar-refractivity contribution in [2.75, 3.05) is 29.9 Å². The lowest BCUT2D eigenvalue weighted by Gasteiger charge is -2.34. The van der Waals surface area contributed by atoms with Gasteiger partial charge in [-0.15, -0.1) is 0 Å². The first-order valence-corrected chi connectivity index (χ1v) is 11.1. The molecule has 3 aromatic rings. The summed E-state index contributed by atoms with van der Waals surface area (Å²) in [5, 5.41) is 16.3. The number of halogens is 1. The summed E-state index contributed by atoms with van der Waals surface area (Å²) in [6, 6.07) is 11.7. The Morgan fingerprint density at radius 2 is 2.12 bits per heavy atom. The Morgan fingerprint density at radius 1 is 1.24 bits per heavy atom. The van der Waals surface area contributed by atoms with Crippen molar-refractivity contribution in [2.45, 2.75) is 32.9 Å². The Balaban J connectivity index is 1.53. The van der Waals surface area contributed by atoms with E-state index in [1.54, 1.807) is 0 Å². The molecule has 0 radical (unpaired) electrons. The summed E-state index contributed by atoms with van der Waals surface area (Å²) < 4.78 is 20.6. The van der Waals surface area contributed by atoms with Crippen molar-refractivity contribution in [3.8, 4) is 23.1 Å². The van der Waals surface area contributed by atoms with Crippen molar-refractivity contribution in [3.05, 3.63) is 59.0 Å². The minimum Gasteiger partial charge on any atom is -0.486 e. The topological polar surface area (TPSA) is 86.1 Å². The van der Waals surface area contributed by atoms with Gasteiger partial charge < -0.3 is 20.3 Å². The molecule has 0 saturated carbocycles. The maximum absolute atomic E-state index is 15.0. The molecule has 0 atom stereocenters. The van der Waals surface area contributed by atoms with Gasteiger partial charge in [0, 0.05) is 23.8 Å². The van der Waals surface area contributed by atoms with Crippen LogP contribution in [0.3, 0.4) is 0 Å². The van der Waals surface area contributed by atoms with E-state index in [1.807, 2.05) is 12.1 Å². The van der Waals surface area contributed by atoms with Gasteiger partial charge in [-0.2, -0.15) is 5.26 Å². The summed E-state index contributed by atoms with van der Waals surface area (Å²) in [5.41, 5.74) is 5.29. The minimum absolute atomic E-state index is 0.180. The molecule has 0 fully saturated rings. The van der Waals surface area contributed by atoms with Crippen molar-refractivity contribution in [1.82, 2.24) is 15.3 Å². The van der Waals surface area contributed by atoms with Crippen molar-refractivity contribution < 1.29 is 9.13 Å². The zero-order valence-corrected chi connectivity index (χ0v) is 18.7. The number of nitrogens with zero attached hydrogens (tertiary/aromatic N) is 4. The zero-order valence-electron chi connectivity index (χ0n) is 18.7. The predicted octanol–water partition coefficient (Wildman–Crippen LogP) is 4.15. The van der Waals surface area contributed by atoms with Gasteiger partial charge in [0.1, 0.15) is 12.7 Å². The quantitative estimate of drug-likeness (QED) is 0.625. The lowest BCUT2D eigenvalue weighted by molar-refractivity contribution is 0.287. The third-order valence-electron chi connectivity index (χ3n) is 6.07. The molecular formula is C25H25FN6O. The van der Waals surface area contributed by atoms with E-state index in [9.17, 15) is 9.65 Å². The van der Waals surface area contributed by atoms with Crippen molar-refractivity contribution in [3.63, 3.8) is 0 Å². The molecular weight excluding hydrogens is 419 g/mol.